The molecule has 2 aromatic carbocycles. The molecule has 0 amide bonds. The Balaban J connectivity index is 2.24. The first kappa shape index (κ1) is 24.0. The molecule has 0 bridgehead atoms. The number of rotatable bonds is 6. The maximum absolute atomic E-state index is 10.5. The van der Waals surface area contributed by atoms with E-state index in [4.69, 9.17) is 9.47 Å². The summed E-state index contributed by atoms with van der Waals surface area (Å²) in [5, 5.41) is 20.9. The van der Waals surface area contributed by atoms with Crippen molar-refractivity contribution in [3.05, 3.63) is 35.4 Å². The first-order valence-corrected chi connectivity index (χ1v) is 12.7. The van der Waals surface area contributed by atoms with Gasteiger partial charge in [0.25, 0.3) is 0 Å². The van der Waals surface area contributed by atoms with Crippen molar-refractivity contribution in [2.24, 2.45) is 0 Å². The molecule has 0 saturated heterocycles. The minimum atomic E-state index is -0.197. The van der Waals surface area contributed by atoms with E-state index in [1.54, 1.807) is 45.6 Å². The summed E-state index contributed by atoms with van der Waals surface area (Å²) in [6.07, 6.45) is 0. The van der Waals surface area contributed by atoms with Gasteiger partial charge in [0.2, 0.25) is 0 Å². The molecule has 160 valence electrons. The molecule has 2 N–H and O–H groups in total. The van der Waals surface area contributed by atoms with Crippen LogP contribution in [0.3, 0.4) is 0 Å². The summed E-state index contributed by atoms with van der Waals surface area (Å²) in [6, 6.07) is 7.71. The summed E-state index contributed by atoms with van der Waals surface area (Å²) in [5.74, 6) is 1.35. The van der Waals surface area contributed by atoms with Crippen LogP contribution < -0.4 is 9.47 Å². The molecule has 0 radical (unpaired) electrons. The van der Waals surface area contributed by atoms with Crippen molar-refractivity contribution in [3.63, 3.8) is 0 Å². The highest BCUT2D eigenvalue weighted by molar-refractivity contribution is 9.09. The smallest absolute Gasteiger partial charge is 0.161 e. The Morgan fingerprint density at radius 1 is 0.655 bits per heavy atom. The van der Waals surface area contributed by atoms with Gasteiger partial charge in [-0.15, -0.1) is 0 Å². The van der Waals surface area contributed by atoms with Gasteiger partial charge in [-0.1, -0.05) is 41.5 Å². The number of phenolic OH excluding ortho intramolecular Hbond substituents is 2. The van der Waals surface area contributed by atoms with E-state index in [1.807, 2.05) is 24.3 Å². The first-order chi connectivity index (χ1) is 13.4. The van der Waals surface area contributed by atoms with Crippen molar-refractivity contribution in [1.29, 1.82) is 0 Å². The van der Waals surface area contributed by atoms with Crippen molar-refractivity contribution in [2.45, 2.75) is 62.2 Å². The number of phenols is 2. The van der Waals surface area contributed by atoms with Crippen molar-refractivity contribution in [1.82, 2.24) is 0 Å². The monoisotopic (exact) mass is 454 g/mol. The Hall–Kier alpha value is -1.31. The Morgan fingerprint density at radius 2 is 1.00 bits per heavy atom. The molecule has 0 aliphatic rings. The second-order valence-electron chi connectivity index (χ2n) is 8.78. The molecule has 0 aromatic heterocycles. The lowest BCUT2D eigenvalue weighted by molar-refractivity contribution is 0.363. The number of aromatic hydroxyl groups is 2. The normalized spacial score (nSPS) is 12.1. The lowest BCUT2D eigenvalue weighted by Crippen LogP contribution is -2.12. The highest BCUT2D eigenvalue weighted by Crippen LogP contribution is 2.50. The summed E-state index contributed by atoms with van der Waals surface area (Å²) < 4.78 is 10.7. The fraction of sp³-hybridized carbons (Fsp3) is 0.455. The molecule has 2 rings (SSSR count). The Bertz CT molecular complexity index is 796. The summed E-state index contributed by atoms with van der Waals surface area (Å²) in [5.41, 5.74) is 1.31. The quantitative estimate of drug-likeness (QED) is 0.449. The molecule has 29 heavy (non-hydrogen) atoms. The van der Waals surface area contributed by atoms with E-state index in [9.17, 15) is 10.2 Å². The fourth-order valence-electron chi connectivity index (χ4n) is 2.81. The largest absolute Gasteiger partial charge is 0.504 e. The van der Waals surface area contributed by atoms with Crippen molar-refractivity contribution < 1.29 is 19.7 Å². The second-order valence-corrected chi connectivity index (χ2v) is 12.8. The fourth-order valence-corrected chi connectivity index (χ4v) is 6.52. The maximum Gasteiger partial charge on any atom is 0.161 e. The average molecular weight is 455 g/mol. The molecule has 0 spiro atoms. The molecule has 0 unspecified atom stereocenters. The maximum atomic E-state index is 10.5. The Labute approximate surface area is 185 Å². The predicted octanol–water partition coefficient (Wildman–Crippen LogP) is 7.16. The highest BCUT2D eigenvalue weighted by atomic mass is 33.5. The first-order valence-electron chi connectivity index (χ1n) is 9.22. The van der Waals surface area contributed by atoms with Gasteiger partial charge in [-0.25, -0.2) is 0 Å². The minimum absolute atomic E-state index is 0.195. The van der Waals surface area contributed by atoms with Crippen molar-refractivity contribution in [2.75, 3.05) is 14.2 Å². The van der Waals surface area contributed by atoms with Crippen LogP contribution in [-0.4, -0.2) is 24.4 Å². The van der Waals surface area contributed by atoms with Gasteiger partial charge in [0.1, 0.15) is 0 Å². The zero-order valence-electron chi connectivity index (χ0n) is 18.2. The van der Waals surface area contributed by atoms with E-state index in [0.29, 0.717) is 11.5 Å². The third-order valence-electron chi connectivity index (χ3n) is 4.41. The number of hydrogen-bond acceptors (Lipinski definition) is 7. The van der Waals surface area contributed by atoms with Gasteiger partial charge in [0.05, 0.1) is 14.2 Å². The summed E-state index contributed by atoms with van der Waals surface area (Å²) >= 11 is 0. The van der Waals surface area contributed by atoms with E-state index < -0.39 is 0 Å². The van der Waals surface area contributed by atoms with E-state index >= 15 is 0 Å². The molecule has 2 aromatic rings. The third kappa shape index (κ3) is 5.86. The van der Waals surface area contributed by atoms with Crippen LogP contribution in [0.1, 0.15) is 52.7 Å². The molecular weight excluding hydrogens is 424 g/mol. The van der Waals surface area contributed by atoms with Gasteiger partial charge in [-0.2, -0.15) is 0 Å². The number of methoxy groups -OCH3 is 2. The molecule has 0 aliphatic heterocycles. The van der Waals surface area contributed by atoms with Crippen LogP contribution in [0.15, 0.2) is 34.1 Å². The SMILES string of the molecule is COc1cc(SSSc2cc(OC)c(O)c(C(C)(C)C)c2)cc(C(C)(C)C)c1O. The van der Waals surface area contributed by atoms with E-state index in [-0.39, 0.29) is 22.3 Å². The zero-order chi connectivity index (χ0) is 22.0. The van der Waals surface area contributed by atoms with Crippen LogP contribution in [-0.2, 0) is 10.8 Å². The van der Waals surface area contributed by atoms with Crippen LogP contribution in [0.2, 0.25) is 0 Å². The average Bonchev–Trinajstić information content (AvgIpc) is 2.61. The van der Waals surface area contributed by atoms with E-state index in [1.165, 1.54) is 0 Å². The summed E-state index contributed by atoms with van der Waals surface area (Å²) in [7, 11) is 7.94. The molecule has 0 heterocycles. The molecule has 0 fully saturated rings. The number of ether oxygens (including phenoxy) is 2. The van der Waals surface area contributed by atoms with Gasteiger partial charge in [0.15, 0.2) is 23.0 Å². The third-order valence-corrected chi connectivity index (χ3v) is 8.19. The number of benzene rings is 2. The van der Waals surface area contributed by atoms with Gasteiger partial charge in [0, 0.05) is 20.9 Å². The standard InChI is InChI=1S/C22H30O4S3/c1-21(2,3)15-9-13(11-17(25-7)19(15)23)27-29-28-14-10-16(22(4,5)6)20(24)18(12-14)26-8/h9-12,23-24H,1-8H3. The number of hydrogen-bond donors (Lipinski definition) is 2. The van der Waals surface area contributed by atoms with Crippen LogP contribution >= 0.6 is 31.4 Å². The van der Waals surface area contributed by atoms with Gasteiger partial charge in [-0.05, 0) is 66.5 Å². The molecule has 7 heteroatoms. The van der Waals surface area contributed by atoms with Crippen molar-refractivity contribution in [3.8, 4) is 23.0 Å². The van der Waals surface area contributed by atoms with Crippen LogP contribution in [0, 0.1) is 0 Å². The Kier molecular flexibility index (Phi) is 7.63. The van der Waals surface area contributed by atoms with Gasteiger partial charge in [-0.3, -0.25) is 0 Å². The second kappa shape index (κ2) is 9.23. The zero-order valence-corrected chi connectivity index (χ0v) is 20.7. The van der Waals surface area contributed by atoms with Gasteiger partial charge < -0.3 is 19.7 Å². The molecule has 0 aliphatic carbocycles. The van der Waals surface area contributed by atoms with E-state index in [0.717, 1.165) is 20.9 Å². The molecule has 4 nitrogen and oxygen atoms in total. The predicted molar refractivity (Wildman–Crippen MR) is 126 cm³/mol. The topological polar surface area (TPSA) is 58.9 Å². The van der Waals surface area contributed by atoms with Crippen LogP contribution in [0.4, 0.5) is 0 Å². The van der Waals surface area contributed by atoms with Crippen LogP contribution in [0.25, 0.3) is 0 Å². The molecule has 0 atom stereocenters. The lowest BCUT2D eigenvalue weighted by Gasteiger charge is -2.23. The lowest BCUT2D eigenvalue weighted by atomic mass is 9.86. The summed E-state index contributed by atoms with van der Waals surface area (Å²) in [4.78, 5) is 2.01. The van der Waals surface area contributed by atoms with Gasteiger partial charge >= 0.3 is 0 Å². The minimum Gasteiger partial charge on any atom is -0.504 e. The summed E-state index contributed by atoms with van der Waals surface area (Å²) in [6.45, 7) is 12.4. The van der Waals surface area contributed by atoms with E-state index in [2.05, 4.69) is 41.5 Å². The Morgan fingerprint density at radius 3 is 1.28 bits per heavy atom. The van der Waals surface area contributed by atoms with Crippen LogP contribution in [0.5, 0.6) is 23.0 Å². The highest BCUT2D eigenvalue weighted by Gasteiger charge is 2.23. The molecule has 0 saturated carbocycles. The molecular formula is C22H30O4S3. The van der Waals surface area contributed by atoms with Crippen molar-refractivity contribution >= 4 is 31.4 Å².